The lowest BCUT2D eigenvalue weighted by molar-refractivity contribution is -0.385. The highest BCUT2D eigenvalue weighted by atomic mass is 32.2. The molecule has 26 heavy (non-hydrogen) atoms. The maximum atomic E-state index is 12.9. The summed E-state index contributed by atoms with van der Waals surface area (Å²) in [6, 6.07) is 4.03. The van der Waals surface area contributed by atoms with Crippen LogP contribution in [0.3, 0.4) is 0 Å². The van der Waals surface area contributed by atoms with Crippen LogP contribution in [0.1, 0.15) is 18.4 Å². The zero-order valence-corrected chi connectivity index (χ0v) is 15.3. The number of carbonyl (C=O) groups excluding carboxylic acids is 1. The lowest BCUT2D eigenvalue weighted by Crippen LogP contribution is -2.52. The van der Waals surface area contributed by atoms with Gasteiger partial charge in [0.2, 0.25) is 10.0 Å². The van der Waals surface area contributed by atoms with Crippen molar-refractivity contribution in [1.29, 1.82) is 0 Å². The van der Waals surface area contributed by atoms with Crippen molar-refractivity contribution in [3.63, 3.8) is 0 Å². The number of ether oxygens (including phenoxy) is 1. The fourth-order valence-electron chi connectivity index (χ4n) is 3.34. The number of nitro groups is 1. The maximum Gasteiger partial charge on any atom is 0.273 e. The molecule has 0 spiro atoms. The first-order chi connectivity index (χ1) is 12.3. The van der Waals surface area contributed by atoms with Crippen LogP contribution in [0.4, 0.5) is 5.69 Å². The Morgan fingerprint density at radius 1 is 1.27 bits per heavy atom. The maximum absolute atomic E-state index is 12.9. The quantitative estimate of drug-likeness (QED) is 0.565. The molecule has 2 aliphatic heterocycles. The van der Waals surface area contributed by atoms with Gasteiger partial charge in [-0.05, 0) is 25.8 Å². The van der Waals surface area contributed by atoms with E-state index in [1.54, 1.807) is 4.90 Å². The standard InChI is InChI=1S/C16H21N3O6S/c1-12-13(19(21)22)4-2-6-15(12)26(23,24)18-9-7-17(8-10-18)16(20)14-5-3-11-25-14/h2,4,6,14H,3,5,7-11H2,1H3/t14-/m0/s1. The average molecular weight is 383 g/mol. The van der Waals surface area contributed by atoms with Gasteiger partial charge in [-0.15, -0.1) is 0 Å². The molecular weight excluding hydrogens is 362 g/mol. The molecule has 2 fully saturated rings. The van der Waals surface area contributed by atoms with E-state index in [2.05, 4.69) is 0 Å². The number of nitro benzene ring substituents is 1. The average Bonchev–Trinajstić information content (AvgIpc) is 3.15. The summed E-state index contributed by atoms with van der Waals surface area (Å²) in [5.74, 6) is -0.0916. The van der Waals surface area contributed by atoms with Crippen molar-refractivity contribution in [2.24, 2.45) is 0 Å². The van der Waals surface area contributed by atoms with Crippen molar-refractivity contribution in [2.45, 2.75) is 30.8 Å². The van der Waals surface area contributed by atoms with Crippen LogP contribution in [0.2, 0.25) is 0 Å². The number of hydrogen-bond donors (Lipinski definition) is 0. The Hall–Kier alpha value is -2.04. The monoisotopic (exact) mass is 383 g/mol. The van der Waals surface area contributed by atoms with Gasteiger partial charge >= 0.3 is 0 Å². The predicted molar refractivity (Wildman–Crippen MR) is 92.1 cm³/mol. The van der Waals surface area contributed by atoms with Crippen LogP contribution in [0.25, 0.3) is 0 Å². The lowest BCUT2D eigenvalue weighted by atomic mass is 10.2. The molecular formula is C16H21N3O6S. The van der Waals surface area contributed by atoms with Gasteiger partial charge in [0, 0.05) is 44.4 Å². The smallest absolute Gasteiger partial charge is 0.273 e. The van der Waals surface area contributed by atoms with Gasteiger partial charge in [-0.2, -0.15) is 4.31 Å². The molecule has 2 heterocycles. The van der Waals surface area contributed by atoms with Gasteiger partial charge in [-0.1, -0.05) is 6.07 Å². The molecule has 10 heteroatoms. The van der Waals surface area contributed by atoms with Crippen LogP contribution >= 0.6 is 0 Å². The van der Waals surface area contributed by atoms with E-state index < -0.39 is 21.1 Å². The molecule has 1 aromatic rings. The summed E-state index contributed by atoms with van der Waals surface area (Å²) < 4.78 is 32.5. The van der Waals surface area contributed by atoms with Crippen LogP contribution in [0.5, 0.6) is 0 Å². The Balaban J connectivity index is 1.73. The first-order valence-corrected chi connectivity index (χ1v) is 9.91. The molecule has 0 aliphatic carbocycles. The molecule has 2 aliphatic rings. The van der Waals surface area contributed by atoms with Crippen molar-refractivity contribution in [1.82, 2.24) is 9.21 Å². The minimum absolute atomic E-state index is 0.0643. The SMILES string of the molecule is Cc1c([N+](=O)[O-])cccc1S(=O)(=O)N1CCN(C(=O)[C@@H]2CCCO2)CC1. The molecule has 0 bridgehead atoms. The van der Waals surface area contributed by atoms with Gasteiger partial charge in [0.15, 0.2) is 0 Å². The molecule has 1 aromatic carbocycles. The Morgan fingerprint density at radius 3 is 2.54 bits per heavy atom. The first-order valence-electron chi connectivity index (χ1n) is 8.47. The normalized spacial score (nSPS) is 21.7. The highest BCUT2D eigenvalue weighted by Crippen LogP contribution is 2.28. The zero-order chi connectivity index (χ0) is 18.9. The zero-order valence-electron chi connectivity index (χ0n) is 14.5. The van der Waals surface area contributed by atoms with E-state index in [0.29, 0.717) is 13.0 Å². The first kappa shape index (κ1) is 18.7. The Bertz CT molecular complexity index is 811. The summed E-state index contributed by atoms with van der Waals surface area (Å²) in [4.78, 5) is 24.4. The van der Waals surface area contributed by atoms with Gasteiger partial charge < -0.3 is 9.64 Å². The van der Waals surface area contributed by atoms with E-state index >= 15 is 0 Å². The molecule has 0 unspecified atom stereocenters. The minimum atomic E-state index is -3.86. The molecule has 1 amide bonds. The third-order valence-corrected chi connectivity index (χ3v) is 6.87. The summed E-state index contributed by atoms with van der Waals surface area (Å²) in [5.41, 5.74) is -0.103. The number of benzene rings is 1. The second kappa shape index (κ2) is 7.29. The summed E-state index contributed by atoms with van der Waals surface area (Å²) in [7, 11) is -3.86. The molecule has 3 rings (SSSR count). The Kier molecular flexibility index (Phi) is 5.26. The lowest BCUT2D eigenvalue weighted by Gasteiger charge is -2.35. The number of nitrogens with zero attached hydrogens (tertiary/aromatic N) is 3. The van der Waals surface area contributed by atoms with Crippen molar-refractivity contribution in [2.75, 3.05) is 32.8 Å². The Labute approximate surface area is 151 Å². The third-order valence-electron chi connectivity index (χ3n) is 4.83. The largest absolute Gasteiger partial charge is 0.368 e. The van der Waals surface area contributed by atoms with Gasteiger partial charge in [0.1, 0.15) is 6.10 Å². The van der Waals surface area contributed by atoms with Gasteiger partial charge in [-0.25, -0.2) is 8.42 Å². The second-order valence-electron chi connectivity index (χ2n) is 6.39. The van der Waals surface area contributed by atoms with Crippen molar-refractivity contribution < 1.29 is 22.9 Å². The van der Waals surface area contributed by atoms with E-state index in [4.69, 9.17) is 4.74 Å². The predicted octanol–water partition coefficient (Wildman–Crippen LogP) is 0.915. The van der Waals surface area contributed by atoms with Crippen molar-refractivity contribution in [3.8, 4) is 0 Å². The number of sulfonamides is 1. The number of rotatable bonds is 4. The van der Waals surface area contributed by atoms with E-state index in [-0.39, 0.29) is 48.2 Å². The van der Waals surface area contributed by atoms with Crippen molar-refractivity contribution in [3.05, 3.63) is 33.9 Å². The molecule has 1 atom stereocenters. The molecule has 0 N–H and O–H groups in total. The van der Waals surface area contributed by atoms with Gasteiger partial charge in [-0.3, -0.25) is 14.9 Å². The van der Waals surface area contributed by atoms with Crippen LogP contribution in [0.15, 0.2) is 23.1 Å². The van der Waals surface area contributed by atoms with Gasteiger partial charge in [0.05, 0.1) is 9.82 Å². The van der Waals surface area contributed by atoms with E-state index in [0.717, 1.165) is 6.42 Å². The Morgan fingerprint density at radius 2 is 1.96 bits per heavy atom. The molecule has 9 nitrogen and oxygen atoms in total. The summed E-state index contributed by atoms with van der Waals surface area (Å²) in [5, 5.41) is 11.1. The molecule has 2 saturated heterocycles. The topological polar surface area (TPSA) is 110 Å². The van der Waals surface area contributed by atoms with E-state index in [9.17, 15) is 23.3 Å². The number of hydrogen-bond acceptors (Lipinski definition) is 6. The molecule has 0 aromatic heterocycles. The van der Waals surface area contributed by atoms with Crippen LogP contribution in [-0.2, 0) is 19.6 Å². The third kappa shape index (κ3) is 3.44. The van der Waals surface area contributed by atoms with Crippen LogP contribution < -0.4 is 0 Å². The summed E-state index contributed by atoms with van der Waals surface area (Å²) >= 11 is 0. The summed E-state index contributed by atoms with van der Waals surface area (Å²) in [6.45, 7) is 2.89. The highest BCUT2D eigenvalue weighted by Gasteiger charge is 2.35. The van der Waals surface area contributed by atoms with E-state index in [1.165, 1.54) is 29.4 Å². The fraction of sp³-hybridized carbons (Fsp3) is 0.562. The number of carbonyl (C=O) groups is 1. The van der Waals surface area contributed by atoms with Crippen molar-refractivity contribution >= 4 is 21.6 Å². The summed E-state index contributed by atoms with van der Waals surface area (Å²) in [6.07, 6.45) is 1.14. The minimum Gasteiger partial charge on any atom is -0.368 e. The van der Waals surface area contributed by atoms with Crippen LogP contribution in [0, 0.1) is 17.0 Å². The molecule has 0 radical (unpaired) electrons. The molecule has 0 saturated carbocycles. The van der Waals surface area contributed by atoms with Crippen LogP contribution in [-0.4, -0.2) is 67.3 Å². The second-order valence-corrected chi connectivity index (χ2v) is 8.29. The number of amides is 1. The fourth-order valence-corrected chi connectivity index (χ4v) is 5.01. The molecule has 142 valence electrons. The number of piperazine rings is 1. The van der Waals surface area contributed by atoms with Gasteiger partial charge in [0.25, 0.3) is 11.6 Å². The highest BCUT2D eigenvalue weighted by molar-refractivity contribution is 7.89. The van der Waals surface area contributed by atoms with E-state index in [1.807, 2.05) is 0 Å².